The minimum absolute atomic E-state index is 0.210. The van der Waals surface area contributed by atoms with Gasteiger partial charge >= 0.3 is 0 Å². The molecular weight excluding hydrogens is 244 g/mol. The second-order valence-electron chi connectivity index (χ2n) is 2.99. The first-order chi connectivity index (χ1) is 6.70. The molecule has 0 saturated carbocycles. The van der Waals surface area contributed by atoms with Crippen LogP contribution in [0.5, 0.6) is 5.75 Å². The molecule has 0 bridgehead atoms. The van der Waals surface area contributed by atoms with Crippen molar-refractivity contribution in [3.05, 3.63) is 39.7 Å². The molecule has 1 aromatic carbocycles. The number of benzene rings is 1. The van der Waals surface area contributed by atoms with E-state index in [1.54, 1.807) is 0 Å². The Morgan fingerprint density at radius 3 is 3.00 bits per heavy atom. The van der Waals surface area contributed by atoms with Crippen molar-refractivity contribution in [2.45, 2.75) is 6.42 Å². The molecule has 4 heteroatoms. The summed E-state index contributed by atoms with van der Waals surface area (Å²) in [6.45, 7) is 0. The molecule has 70 valence electrons. The third-order valence-corrected chi connectivity index (χ3v) is 2.54. The number of fused-ring (bicyclic) bond motifs is 1. The van der Waals surface area contributed by atoms with Crippen molar-refractivity contribution < 1.29 is 4.74 Å². The molecule has 3 nitrogen and oxygen atoms in total. The van der Waals surface area contributed by atoms with Crippen LogP contribution in [0.4, 0.5) is 0 Å². The molecule has 1 aromatic rings. The van der Waals surface area contributed by atoms with Crippen LogP contribution in [0.2, 0.25) is 0 Å². The van der Waals surface area contributed by atoms with Gasteiger partial charge in [0, 0.05) is 16.5 Å². The molecule has 0 saturated heterocycles. The minimum atomic E-state index is 0.210. The van der Waals surface area contributed by atoms with E-state index in [4.69, 9.17) is 15.7 Å². The van der Waals surface area contributed by atoms with Crippen molar-refractivity contribution in [2.24, 2.45) is 5.73 Å². The fraction of sp³-hybridized carbons (Fsp3) is 0.100. The van der Waals surface area contributed by atoms with Gasteiger partial charge in [-0.05, 0) is 18.2 Å². The number of hydrogen-bond donors (Lipinski definition) is 1. The summed E-state index contributed by atoms with van der Waals surface area (Å²) in [6.07, 6.45) is 0.539. The average molecular weight is 251 g/mol. The summed E-state index contributed by atoms with van der Waals surface area (Å²) in [7, 11) is 0. The van der Waals surface area contributed by atoms with Gasteiger partial charge < -0.3 is 10.5 Å². The van der Waals surface area contributed by atoms with E-state index in [-0.39, 0.29) is 5.88 Å². The van der Waals surface area contributed by atoms with Gasteiger partial charge in [-0.1, -0.05) is 15.9 Å². The average Bonchev–Trinajstić information content (AvgIpc) is 2.17. The Kier molecular flexibility index (Phi) is 2.18. The first-order valence-corrected chi connectivity index (χ1v) is 4.85. The van der Waals surface area contributed by atoms with Gasteiger partial charge in [0.2, 0.25) is 5.88 Å². The van der Waals surface area contributed by atoms with Crippen LogP contribution in [0.1, 0.15) is 5.56 Å². The Labute approximate surface area is 89.9 Å². The van der Waals surface area contributed by atoms with Crippen molar-refractivity contribution in [1.82, 2.24) is 0 Å². The molecule has 0 radical (unpaired) electrons. The van der Waals surface area contributed by atoms with Crippen LogP contribution in [-0.2, 0) is 6.42 Å². The van der Waals surface area contributed by atoms with E-state index in [2.05, 4.69) is 15.9 Å². The molecule has 0 atom stereocenters. The number of rotatable bonds is 0. The zero-order valence-electron chi connectivity index (χ0n) is 7.25. The van der Waals surface area contributed by atoms with Crippen molar-refractivity contribution in [2.75, 3.05) is 0 Å². The normalized spacial score (nSPS) is 14.3. The number of allylic oxidation sites excluding steroid dienone is 1. The number of nitriles is 1. The van der Waals surface area contributed by atoms with Crippen LogP contribution in [0, 0.1) is 11.3 Å². The quantitative estimate of drug-likeness (QED) is 0.767. The zero-order chi connectivity index (χ0) is 10.1. The van der Waals surface area contributed by atoms with Crippen LogP contribution in [-0.4, -0.2) is 0 Å². The summed E-state index contributed by atoms with van der Waals surface area (Å²) >= 11 is 3.36. The smallest absolute Gasteiger partial charge is 0.205 e. The lowest BCUT2D eigenvalue weighted by atomic mass is 10.0. The maximum atomic E-state index is 8.78. The Morgan fingerprint density at radius 1 is 1.50 bits per heavy atom. The van der Waals surface area contributed by atoms with Gasteiger partial charge in [0.25, 0.3) is 0 Å². The Balaban J connectivity index is 2.45. The summed E-state index contributed by atoms with van der Waals surface area (Å²) in [4.78, 5) is 0. The molecule has 14 heavy (non-hydrogen) atoms. The highest BCUT2D eigenvalue weighted by atomic mass is 79.9. The highest BCUT2D eigenvalue weighted by molar-refractivity contribution is 9.10. The molecule has 2 N–H and O–H groups in total. The van der Waals surface area contributed by atoms with Crippen LogP contribution in [0.25, 0.3) is 0 Å². The van der Waals surface area contributed by atoms with Gasteiger partial charge in [-0.2, -0.15) is 5.26 Å². The molecular formula is C10H7BrN2O. The summed E-state index contributed by atoms with van der Waals surface area (Å²) < 4.78 is 6.27. The lowest BCUT2D eigenvalue weighted by Gasteiger charge is -2.17. The molecule has 0 aliphatic carbocycles. The van der Waals surface area contributed by atoms with E-state index in [0.29, 0.717) is 12.0 Å². The van der Waals surface area contributed by atoms with E-state index in [1.807, 2.05) is 24.3 Å². The Hall–Kier alpha value is -1.47. The van der Waals surface area contributed by atoms with Gasteiger partial charge in [0.15, 0.2) is 0 Å². The molecule has 0 aromatic heterocycles. The van der Waals surface area contributed by atoms with Gasteiger partial charge in [-0.25, -0.2) is 0 Å². The monoisotopic (exact) mass is 250 g/mol. The molecule has 1 aliphatic heterocycles. The Morgan fingerprint density at radius 2 is 2.29 bits per heavy atom. The predicted octanol–water partition coefficient (Wildman–Crippen LogP) is 2.08. The minimum Gasteiger partial charge on any atom is -0.440 e. The number of hydrogen-bond acceptors (Lipinski definition) is 3. The summed E-state index contributed by atoms with van der Waals surface area (Å²) in [5.41, 5.74) is 7.02. The van der Waals surface area contributed by atoms with Crippen molar-refractivity contribution >= 4 is 15.9 Å². The maximum absolute atomic E-state index is 8.78. The van der Waals surface area contributed by atoms with E-state index in [0.717, 1.165) is 15.8 Å². The largest absolute Gasteiger partial charge is 0.440 e. The van der Waals surface area contributed by atoms with Crippen LogP contribution >= 0.6 is 15.9 Å². The van der Waals surface area contributed by atoms with Crippen molar-refractivity contribution in [3.8, 4) is 11.8 Å². The lowest BCUT2D eigenvalue weighted by Crippen LogP contribution is -2.16. The topological polar surface area (TPSA) is 59.0 Å². The fourth-order valence-corrected chi connectivity index (χ4v) is 1.75. The molecule has 2 rings (SSSR count). The van der Waals surface area contributed by atoms with Crippen LogP contribution in [0.3, 0.4) is 0 Å². The first-order valence-electron chi connectivity index (χ1n) is 4.05. The second-order valence-corrected chi connectivity index (χ2v) is 3.90. The Bertz CT molecular complexity index is 460. The van der Waals surface area contributed by atoms with E-state index >= 15 is 0 Å². The van der Waals surface area contributed by atoms with Gasteiger partial charge in [-0.3, -0.25) is 0 Å². The highest BCUT2D eigenvalue weighted by Crippen LogP contribution is 2.30. The molecule has 0 amide bonds. The SMILES string of the molecule is N#CC1=C(N)Oc2ccc(Br)cc2C1. The van der Waals surface area contributed by atoms with Crippen LogP contribution < -0.4 is 10.5 Å². The fourth-order valence-electron chi connectivity index (χ4n) is 1.34. The predicted molar refractivity (Wildman–Crippen MR) is 55.3 cm³/mol. The molecule has 1 aliphatic rings. The maximum Gasteiger partial charge on any atom is 0.205 e. The molecule has 0 unspecified atom stereocenters. The molecule has 1 heterocycles. The van der Waals surface area contributed by atoms with E-state index in [9.17, 15) is 0 Å². The van der Waals surface area contributed by atoms with Crippen molar-refractivity contribution in [1.29, 1.82) is 5.26 Å². The van der Waals surface area contributed by atoms with Gasteiger partial charge in [-0.15, -0.1) is 0 Å². The number of halogens is 1. The van der Waals surface area contributed by atoms with E-state index < -0.39 is 0 Å². The number of ether oxygens (including phenoxy) is 1. The van der Waals surface area contributed by atoms with E-state index in [1.165, 1.54) is 0 Å². The number of nitrogens with zero attached hydrogens (tertiary/aromatic N) is 1. The second kappa shape index (κ2) is 3.35. The number of nitrogens with two attached hydrogens (primary N) is 1. The third kappa shape index (κ3) is 1.47. The summed E-state index contributed by atoms with van der Waals surface area (Å²) in [5, 5.41) is 8.78. The highest BCUT2D eigenvalue weighted by Gasteiger charge is 2.17. The lowest BCUT2D eigenvalue weighted by molar-refractivity contribution is 0.399. The molecule has 0 spiro atoms. The van der Waals surface area contributed by atoms with Gasteiger partial charge in [0.1, 0.15) is 11.8 Å². The summed E-state index contributed by atoms with van der Waals surface area (Å²) in [5.74, 6) is 0.937. The molecule has 0 fully saturated rings. The summed E-state index contributed by atoms with van der Waals surface area (Å²) in [6, 6.07) is 7.67. The van der Waals surface area contributed by atoms with Gasteiger partial charge in [0.05, 0.1) is 5.57 Å². The first kappa shape index (κ1) is 9.10. The van der Waals surface area contributed by atoms with Crippen LogP contribution in [0.15, 0.2) is 34.1 Å². The zero-order valence-corrected chi connectivity index (χ0v) is 8.84. The standard InChI is InChI=1S/C10H7BrN2O/c11-8-1-2-9-6(4-8)3-7(5-12)10(13)14-9/h1-2,4H,3,13H2. The third-order valence-electron chi connectivity index (χ3n) is 2.04. The van der Waals surface area contributed by atoms with Crippen molar-refractivity contribution in [3.63, 3.8) is 0 Å².